The van der Waals surface area contributed by atoms with Crippen molar-refractivity contribution in [1.29, 1.82) is 0 Å². The third-order valence-electron chi connectivity index (χ3n) is 5.78. The molecule has 190 valence electrons. The lowest BCUT2D eigenvalue weighted by molar-refractivity contribution is -0.246. The number of nitrogens with one attached hydrogen (secondary N) is 1. The van der Waals surface area contributed by atoms with Crippen LogP contribution in [0.4, 0.5) is 13.2 Å². The fraction of sp³-hybridized carbons (Fsp3) is 0.444. The van der Waals surface area contributed by atoms with Crippen LogP contribution in [-0.2, 0) is 15.1 Å². The van der Waals surface area contributed by atoms with Gasteiger partial charge in [0.15, 0.2) is 0 Å². The molecule has 8 heteroatoms. The number of rotatable bonds is 4. The third kappa shape index (κ3) is 5.09. The molecule has 0 amide bonds. The summed E-state index contributed by atoms with van der Waals surface area (Å²) in [7, 11) is 0. The molecule has 0 fully saturated rings. The predicted octanol–water partition coefficient (Wildman–Crippen LogP) is 5.69. The number of alkyl halides is 3. The molecule has 4 rings (SSSR count). The van der Waals surface area contributed by atoms with Crippen LogP contribution in [-0.4, -0.2) is 41.0 Å². The number of carbonyl (C=O) groups excluding carboxylic acids is 1. The first kappa shape index (κ1) is 26.8. The molecule has 2 N–H and O–H groups in total. The average Bonchev–Trinajstić information content (AvgIpc) is 3.34. The number of hydrogen-bond donors (Lipinski definition) is 2. The molecule has 1 unspecified atom stereocenters. The number of fused-ring (bicyclic) bond motifs is 3. The van der Waals surface area contributed by atoms with E-state index in [-0.39, 0.29) is 23.5 Å². The van der Waals surface area contributed by atoms with E-state index in [1.165, 1.54) is 18.2 Å². The zero-order valence-corrected chi connectivity index (χ0v) is 21.0. The summed E-state index contributed by atoms with van der Waals surface area (Å²) in [6, 6.07) is 9.36. The third-order valence-corrected chi connectivity index (χ3v) is 5.78. The number of ether oxygens (including phenoxy) is 1. The van der Waals surface area contributed by atoms with Crippen molar-refractivity contribution in [1.82, 2.24) is 10.4 Å². The van der Waals surface area contributed by atoms with Gasteiger partial charge in [0.05, 0.1) is 6.42 Å². The minimum absolute atomic E-state index is 0.153. The van der Waals surface area contributed by atoms with Crippen LogP contribution >= 0.6 is 0 Å². The number of hydrazine groups is 1. The Hall–Kier alpha value is -2.84. The highest BCUT2D eigenvalue weighted by Crippen LogP contribution is 2.56. The van der Waals surface area contributed by atoms with Crippen molar-refractivity contribution >= 4 is 11.5 Å². The number of halogens is 3. The Kier molecular flexibility index (Phi) is 7.39. The highest BCUT2D eigenvalue weighted by molar-refractivity contribution is 5.91. The van der Waals surface area contributed by atoms with Crippen LogP contribution in [0.25, 0.3) is 16.7 Å². The molecular formula is C27H33F3N2O3. The van der Waals surface area contributed by atoms with Crippen molar-refractivity contribution in [3.8, 4) is 11.1 Å². The van der Waals surface area contributed by atoms with E-state index in [0.29, 0.717) is 35.3 Å². The lowest BCUT2D eigenvalue weighted by Gasteiger charge is -2.28. The smallest absolute Gasteiger partial charge is 0.425 e. The van der Waals surface area contributed by atoms with Gasteiger partial charge < -0.3 is 14.9 Å². The Morgan fingerprint density at radius 1 is 1.11 bits per heavy atom. The maximum atomic E-state index is 14.2. The molecule has 0 aromatic heterocycles. The molecule has 2 aliphatic rings. The normalized spacial score (nSPS) is 18.9. The van der Waals surface area contributed by atoms with Crippen LogP contribution in [0.5, 0.6) is 0 Å². The Bertz CT molecular complexity index is 1140. The molecule has 0 spiro atoms. The molecule has 1 aliphatic carbocycles. The van der Waals surface area contributed by atoms with Crippen molar-refractivity contribution in [3.63, 3.8) is 0 Å². The number of aryl methyl sites for hydroxylation is 1. The van der Waals surface area contributed by atoms with Gasteiger partial charge in [-0.1, -0.05) is 55.8 Å². The molecule has 5 nitrogen and oxygen atoms in total. The molecule has 0 saturated carbocycles. The van der Waals surface area contributed by atoms with Gasteiger partial charge in [0.25, 0.3) is 0 Å². The summed E-state index contributed by atoms with van der Waals surface area (Å²) < 4.78 is 47.8. The summed E-state index contributed by atoms with van der Waals surface area (Å²) in [5.41, 5.74) is 1.99. The van der Waals surface area contributed by atoms with Crippen molar-refractivity contribution < 1.29 is 27.8 Å². The first-order valence-electron chi connectivity index (χ1n) is 11.8. The molecule has 35 heavy (non-hydrogen) atoms. The summed E-state index contributed by atoms with van der Waals surface area (Å²) in [5.74, 6) is -0.327. The summed E-state index contributed by atoms with van der Waals surface area (Å²) in [4.78, 5) is 12.0. The fourth-order valence-corrected chi connectivity index (χ4v) is 4.46. The maximum Gasteiger partial charge on any atom is 0.425 e. The van der Waals surface area contributed by atoms with Crippen LogP contribution in [0.3, 0.4) is 0 Å². The zero-order chi connectivity index (χ0) is 26.2. The second kappa shape index (κ2) is 9.66. The summed E-state index contributed by atoms with van der Waals surface area (Å²) in [6.07, 6.45) is -2.91. The van der Waals surface area contributed by atoms with Crippen molar-refractivity contribution in [2.24, 2.45) is 0 Å². The van der Waals surface area contributed by atoms with Crippen LogP contribution in [0.15, 0.2) is 42.6 Å². The topological polar surface area (TPSA) is 61.8 Å². The summed E-state index contributed by atoms with van der Waals surface area (Å²) in [5, 5.41) is 12.7. The van der Waals surface area contributed by atoms with Crippen LogP contribution in [0, 0.1) is 6.92 Å². The fourth-order valence-electron chi connectivity index (χ4n) is 4.46. The second-order valence-electron chi connectivity index (χ2n) is 9.51. The number of nitrogens with zero attached hydrogens (tertiary/aromatic N) is 1. The number of carbonyl (C=O) groups is 1. The van der Waals surface area contributed by atoms with Crippen molar-refractivity contribution in [3.05, 3.63) is 64.9 Å². The van der Waals surface area contributed by atoms with Gasteiger partial charge in [0.1, 0.15) is 5.60 Å². The van der Waals surface area contributed by atoms with Gasteiger partial charge in [-0.2, -0.15) is 13.2 Å². The Morgan fingerprint density at radius 3 is 2.40 bits per heavy atom. The van der Waals surface area contributed by atoms with E-state index in [2.05, 4.69) is 5.43 Å². The molecule has 1 heterocycles. The number of hydrogen-bond acceptors (Lipinski definition) is 5. The minimum Gasteiger partial charge on any atom is -0.460 e. The van der Waals surface area contributed by atoms with Crippen molar-refractivity contribution in [2.75, 3.05) is 13.1 Å². The van der Waals surface area contributed by atoms with Gasteiger partial charge >= 0.3 is 12.1 Å². The van der Waals surface area contributed by atoms with Gasteiger partial charge in [-0.15, -0.1) is 0 Å². The van der Waals surface area contributed by atoms with E-state index in [0.717, 1.165) is 5.57 Å². The van der Waals surface area contributed by atoms with Gasteiger partial charge in [-0.3, -0.25) is 4.79 Å². The lowest BCUT2D eigenvalue weighted by Crippen LogP contribution is -2.41. The molecular weight excluding hydrogens is 457 g/mol. The first-order chi connectivity index (χ1) is 16.3. The highest BCUT2D eigenvalue weighted by atomic mass is 19.4. The van der Waals surface area contributed by atoms with E-state index in [1.54, 1.807) is 51.0 Å². The highest BCUT2D eigenvalue weighted by Gasteiger charge is 2.61. The van der Waals surface area contributed by atoms with Crippen LogP contribution in [0.1, 0.15) is 63.3 Å². The molecule has 0 saturated heterocycles. The molecule has 2 aromatic rings. The number of aliphatic hydroxyl groups is 1. The first-order valence-corrected chi connectivity index (χ1v) is 11.8. The molecule has 0 bridgehead atoms. The molecule has 0 radical (unpaired) electrons. The average molecular weight is 491 g/mol. The molecule has 1 atom stereocenters. The van der Waals surface area contributed by atoms with E-state index in [1.807, 2.05) is 19.9 Å². The largest absolute Gasteiger partial charge is 0.460 e. The standard InChI is InChI=1S/C25H27F3N2O3.C2H6/c1-15-11-18(16-13-29-30(14-16)10-9-21(31)33-23(2,3)4)22-17-7-5-6-8-19(17)24(32,20(22)12-15)25(26,27)28;1-2/h5-8,11-12,14,29,32H,9-10,13H2,1-4H3;1-2H3. The molecule has 2 aromatic carbocycles. The quantitative estimate of drug-likeness (QED) is 0.539. The SMILES string of the molecule is CC.Cc1cc(C2=CN(CCC(=O)OC(C)(C)C)NC2)c2c(c1)C(O)(C(F)(F)F)c1ccccc1-2. The van der Waals surface area contributed by atoms with Gasteiger partial charge in [0.2, 0.25) is 5.60 Å². The minimum atomic E-state index is -4.87. The van der Waals surface area contributed by atoms with Gasteiger partial charge in [-0.25, -0.2) is 5.43 Å². The second-order valence-corrected chi connectivity index (χ2v) is 9.51. The Labute approximate surface area is 204 Å². The van der Waals surface area contributed by atoms with Crippen molar-refractivity contribution in [2.45, 2.75) is 65.3 Å². The van der Waals surface area contributed by atoms with E-state index >= 15 is 0 Å². The van der Waals surface area contributed by atoms with E-state index in [9.17, 15) is 23.1 Å². The zero-order valence-electron chi connectivity index (χ0n) is 21.0. The summed E-state index contributed by atoms with van der Waals surface area (Å²) >= 11 is 0. The Balaban J connectivity index is 0.00000167. The number of benzene rings is 2. The maximum absolute atomic E-state index is 14.2. The van der Waals surface area contributed by atoms with Crippen LogP contribution in [0.2, 0.25) is 0 Å². The van der Waals surface area contributed by atoms with E-state index in [4.69, 9.17) is 4.74 Å². The van der Waals surface area contributed by atoms with Crippen LogP contribution < -0.4 is 5.43 Å². The monoisotopic (exact) mass is 490 g/mol. The van der Waals surface area contributed by atoms with E-state index < -0.39 is 17.4 Å². The lowest BCUT2D eigenvalue weighted by atomic mass is 9.88. The van der Waals surface area contributed by atoms with Gasteiger partial charge in [0, 0.05) is 30.4 Å². The molecule has 1 aliphatic heterocycles. The van der Waals surface area contributed by atoms with Gasteiger partial charge in [-0.05, 0) is 50.0 Å². The number of esters is 1. The predicted molar refractivity (Wildman–Crippen MR) is 130 cm³/mol. The Morgan fingerprint density at radius 2 is 1.77 bits per heavy atom. The summed E-state index contributed by atoms with van der Waals surface area (Å²) in [6.45, 7) is 11.9.